The molecule has 1 fully saturated rings. The third kappa shape index (κ3) is 4.42. The molecule has 6 nitrogen and oxygen atoms in total. The van der Waals surface area contributed by atoms with Crippen LogP contribution in [0, 0.1) is 0 Å². The van der Waals surface area contributed by atoms with Gasteiger partial charge in [-0.25, -0.2) is 4.79 Å². The van der Waals surface area contributed by atoms with Crippen molar-refractivity contribution in [3.63, 3.8) is 0 Å². The lowest BCUT2D eigenvalue weighted by molar-refractivity contribution is -0.137. The molecule has 2 amide bonds. The molecule has 0 aliphatic carbocycles. The number of anilines is 1. The standard InChI is InChI=1S/C21H24N2O4S/c1-15-8-5-6-12-23(15)19(24)14-27-21(26)16-9-3-4-10-17(16)22(2)20(25)18-11-7-13-28-18/h3-4,7,9-11,13,15H,5-6,8,12,14H2,1-2H3. The lowest BCUT2D eigenvalue weighted by Crippen LogP contribution is -2.44. The molecule has 1 unspecified atom stereocenters. The Bertz CT molecular complexity index is 850. The number of thiophene rings is 1. The van der Waals surface area contributed by atoms with Gasteiger partial charge in [0.15, 0.2) is 6.61 Å². The lowest BCUT2D eigenvalue weighted by Gasteiger charge is -2.33. The Balaban J connectivity index is 1.69. The second-order valence-electron chi connectivity index (χ2n) is 6.87. The molecule has 1 aromatic carbocycles. The van der Waals surface area contributed by atoms with E-state index in [1.165, 1.54) is 16.2 Å². The fourth-order valence-corrected chi connectivity index (χ4v) is 4.07. The summed E-state index contributed by atoms with van der Waals surface area (Å²) in [6.07, 6.45) is 3.06. The van der Waals surface area contributed by atoms with Crippen LogP contribution in [-0.4, -0.2) is 48.9 Å². The summed E-state index contributed by atoms with van der Waals surface area (Å²) in [5.41, 5.74) is 0.707. The van der Waals surface area contributed by atoms with E-state index in [9.17, 15) is 14.4 Å². The van der Waals surface area contributed by atoms with Crippen molar-refractivity contribution in [2.45, 2.75) is 32.2 Å². The maximum atomic E-state index is 12.6. The Kier molecular flexibility index (Phi) is 6.46. The number of rotatable bonds is 5. The van der Waals surface area contributed by atoms with E-state index in [4.69, 9.17) is 4.74 Å². The van der Waals surface area contributed by atoms with Gasteiger partial charge < -0.3 is 14.5 Å². The highest BCUT2D eigenvalue weighted by Crippen LogP contribution is 2.23. The number of ether oxygens (including phenoxy) is 1. The van der Waals surface area contributed by atoms with E-state index in [2.05, 4.69) is 0 Å². The quantitative estimate of drug-likeness (QED) is 0.720. The summed E-state index contributed by atoms with van der Waals surface area (Å²) >= 11 is 1.34. The van der Waals surface area contributed by atoms with Crippen molar-refractivity contribution >= 4 is 34.8 Å². The van der Waals surface area contributed by atoms with Crippen molar-refractivity contribution < 1.29 is 19.1 Å². The van der Waals surface area contributed by atoms with Crippen LogP contribution in [-0.2, 0) is 9.53 Å². The van der Waals surface area contributed by atoms with E-state index in [-0.39, 0.29) is 30.0 Å². The molecule has 1 aromatic heterocycles. The Morgan fingerprint density at radius 1 is 1.18 bits per heavy atom. The molecule has 3 rings (SSSR count). The van der Waals surface area contributed by atoms with Gasteiger partial charge in [0.05, 0.1) is 16.1 Å². The Morgan fingerprint density at radius 2 is 1.96 bits per heavy atom. The van der Waals surface area contributed by atoms with Crippen LogP contribution in [0.2, 0.25) is 0 Å². The molecule has 0 spiro atoms. The monoisotopic (exact) mass is 400 g/mol. The van der Waals surface area contributed by atoms with Crippen molar-refractivity contribution in [2.24, 2.45) is 0 Å². The van der Waals surface area contributed by atoms with Crippen molar-refractivity contribution in [3.8, 4) is 0 Å². The molecular weight excluding hydrogens is 376 g/mol. The molecule has 2 aromatic rings. The largest absolute Gasteiger partial charge is 0.452 e. The number of para-hydroxylation sites is 1. The van der Waals surface area contributed by atoms with Gasteiger partial charge in [0, 0.05) is 19.6 Å². The van der Waals surface area contributed by atoms with E-state index in [1.54, 1.807) is 48.3 Å². The van der Waals surface area contributed by atoms with E-state index in [1.807, 2.05) is 12.3 Å². The summed E-state index contributed by atoms with van der Waals surface area (Å²) in [6, 6.07) is 10.5. The normalized spacial score (nSPS) is 16.5. The molecule has 1 atom stereocenters. The topological polar surface area (TPSA) is 66.9 Å². The smallest absolute Gasteiger partial charge is 0.340 e. The maximum Gasteiger partial charge on any atom is 0.340 e. The Hall–Kier alpha value is -2.67. The minimum atomic E-state index is -0.612. The minimum absolute atomic E-state index is 0.168. The van der Waals surface area contributed by atoms with Crippen LogP contribution in [0.4, 0.5) is 5.69 Å². The second-order valence-corrected chi connectivity index (χ2v) is 7.81. The first kappa shape index (κ1) is 20.1. The van der Waals surface area contributed by atoms with Crippen LogP contribution < -0.4 is 4.90 Å². The van der Waals surface area contributed by atoms with Gasteiger partial charge in [-0.3, -0.25) is 9.59 Å². The minimum Gasteiger partial charge on any atom is -0.452 e. The fraction of sp³-hybridized carbons (Fsp3) is 0.381. The van der Waals surface area contributed by atoms with Gasteiger partial charge in [0.1, 0.15) is 0 Å². The number of piperidine rings is 1. The van der Waals surface area contributed by atoms with Gasteiger partial charge in [0.25, 0.3) is 11.8 Å². The number of carbonyl (C=O) groups excluding carboxylic acids is 3. The first-order chi connectivity index (χ1) is 13.5. The van der Waals surface area contributed by atoms with E-state index >= 15 is 0 Å². The maximum absolute atomic E-state index is 12.6. The van der Waals surface area contributed by atoms with Crippen molar-refractivity contribution in [2.75, 3.05) is 25.1 Å². The Labute approximate surface area is 168 Å². The first-order valence-electron chi connectivity index (χ1n) is 9.36. The van der Waals surface area contributed by atoms with Crippen LogP contribution in [0.25, 0.3) is 0 Å². The lowest BCUT2D eigenvalue weighted by atomic mass is 10.0. The average molecular weight is 401 g/mol. The molecule has 7 heteroatoms. The van der Waals surface area contributed by atoms with Crippen molar-refractivity contribution in [1.29, 1.82) is 0 Å². The van der Waals surface area contributed by atoms with E-state index < -0.39 is 5.97 Å². The zero-order valence-electron chi connectivity index (χ0n) is 16.1. The fourth-order valence-electron chi connectivity index (χ4n) is 3.37. The molecule has 0 N–H and O–H groups in total. The summed E-state index contributed by atoms with van der Waals surface area (Å²) in [5, 5.41) is 1.83. The van der Waals surface area contributed by atoms with Gasteiger partial charge in [-0.1, -0.05) is 18.2 Å². The number of carbonyl (C=O) groups is 3. The summed E-state index contributed by atoms with van der Waals surface area (Å²) in [4.78, 5) is 41.4. The second kappa shape index (κ2) is 9.01. The average Bonchev–Trinajstić information content (AvgIpc) is 3.26. The van der Waals surface area contributed by atoms with Crippen molar-refractivity contribution in [3.05, 3.63) is 52.2 Å². The molecular formula is C21H24N2O4S. The molecule has 0 radical (unpaired) electrons. The number of esters is 1. The number of hydrogen-bond donors (Lipinski definition) is 0. The summed E-state index contributed by atoms with van der Waals surface area (Å²) in [5.74, 6) is -0.992. The summed E-state index contributed by atoms with van der Waals surface area (Å²) in [7, 11) is 1.62. The molecule has 148 valence electrons. The number of amides is 2. The van der Waals surface area contributed by atoms with E-state index in [0.717, 1.165) is 19.3 Å². The molecule has 0 saturated carbocycles. The van der Waals surface area contributed by atoms with Crippen LogP contribution in [0.3, 0.4) is 0 Å². The summed E-state index contributed by atoms with van der Waals surface area (Å²) in [6.45, 7) is 2.42. The number of nitrogens with zero attached hydrogens (tertiary/aromatic N) is 2. The Morgan fingerprint density at radius 3 is 2.68 bits per heavy atom. The zero-order valence-corrected chi connectivity index (χ0v) is 16.9. The summed E-state index contributed by atoms with van der Waals surface area (Å²) < 4.78 is 5.29. The van der Waals surface area contributed by atoms with E-state index in [0.29, 0.717) is 17.1 Å². The molecule has 0 bridgehead atoms. The van der Waals surface area contributed by atoms with Crippen LogP contribution in [0.15, 0.2) is 41.8 Å². The van der Waals surface area contributed by atoms with Gasteiger partial charge in [-0.15, -0.1) is 11.3 Å². The highest BCUT2D eigenvalue weighted by molar-refractivity contribution is 7.12. The zero-order chi connectivity index (χ0) is 20.1. The van der Waals surface area contributed by atoms with Crippen molar-refractivity contribution in [1.82, 2.24) is 4.90 Å². The van der Waals surface area contributed by atoms with Crippen LogP contribution in [0.5, 0.6) is 0 Å². The van der Waals surface area contributed by atoms with Gasteiger partial charge in [-0.05, 0) is 49.8 Å². The highest BCUT2D eigenvalue weighted by atomic mass is 32.1. The molecule has 1 aliphatic heterocycles. The molecule has 1 saturated heterocycles. The van der Waals surface area contributed by atoms with Crippen LogP contribution in [0.1, 0.15) is 46.2 Å². The number of hydrogen-bond acceptors (Lipinski definition) is 5. The number of benzene rings is 1. The SMILES string of the molecule is CC1CCCCN1C(=O)COC(=O)c1ccccc1N(C)C(=O)c1cccs1. The highest BCUT2D eigenvalue weighted by Gasteiger charge is 2.25. The van der Waals surface area contributed by atoms with Gasteiger partial charge in [0.2, 0.25) is 0 Å². The first-order valence-corrected chi connectivity index (χ1v) is 10.2. The van der Waals surface area contributed by atoms with Gasteiger partial charge >= 0.3 is 5.97 Å². The predicted molar refractivity (Wildman–Crippen MR) is 109 cm³/mol. The van der Waals surface area contributed by atoms with Crippen LogP contribution >= 0.6 is 11.3 Å². The molecule has 28 heavy (non-hydrogen) atoms. The number of likely N-dealkylation sites (tertiary alicyclic amines) is 1. The predicted octanol–water partition coefficient (Wildman–Crippen LogP) is 3.58. The molecule has 1 aliphatic rings. The van der Waals surface area contributed by atoms with Gasteiger partial charge in [-0.2, -0.15) is 0 Å². The molecule has 2 heterocycles. The third-order valence-corrected chi connectivity index (χ3v) is 5.83. The third-order valence-electron chi connectivity index (χ3n) is 4.97.